The average Bonchev–Trinajstić information content (AvgIpc) is 2.99. The third kappa shape index (κ3) is 1.72. The van der Waals surface area contributed by atoms with Crippen LogP contribution in [0.1, 0.15) is 44.9 Å². The molecule has 1 heterocycles. The number of hydrogen-bond donors (Lipinski definition) is 1. The van der Waals surface area contributed by atoms with Crippen LogP contribution in [-0.2, 0) is 0 Å². The Balaban J connectivity index is 1.65. The molecule has 3 rings (SSSR count). The predicted octanol–water partition coefficient (Wildman–Crippen LogP) is 3.23. The quantitative estimate of drug-likeness (QED) is 0.845. The van der Waals surface area contributed by atoms with Crippen LogP contribution in [0.2, 0.25) is 0 Å². The van der Waals surface area contributed by atoms with Crippen molar-refractivity contribution in [3.8, 4) is 0 Å². The molecule has 2 fully saturated rings. The molecule has 0 amide bonds. The van der Waals surface area contributed by atoms with Crippen LogP contribution in [0, 0.1) is 5.41 Å². The van der Waals surface area contributed by atoms with Crippen molar-refractivity contribution in [2.75, 3.05) is 5.32 Å². The molecule has 1 aromatic heterocycles. The minimum Gasteiger partial charge on any atom is -0.357 e. The van der Waals surface area contributed by atoms with Gasteiger partial charge in [-0.05, 0) is 19.3 Å². The summed E-state index contributed by atoms with van der Waals surface area (Å²) in [5.41, 5.74) is 0.160. The van der Waals surface area contributed by atoms with Gasteiger partial charge in [0.05, 0.1) is 0 Å². The van der Waals surface area contributed by atoms with Crippen LogP contribution in [0.3, 0.4) is 0 Å². The number of nitrogens with zero attached hydrogens (tertiary/aromatic N) is 2. The molecular weight excluding hydrogens is 242 g/mol. The molecule has 16 heavy (non-hydrogen) atoms. The lowest BCUT2D eigenvalue weighted by Gasteiger charge is -2.49. The number of halogens is 1. The fourth-order valence-electron chi connectivity index (χ4n) is 2.07. The summed E-state index contributed by atoms with van der Waals surface area (Å²) < 4.78 is 4.39. The molecule has 0 radical (unpaired) electrons. The SMILES string of the molecule is CC1(C)C(Cl)CC1Nc1nc(C2CC2)ns1. The molecule has 0 spiro atoms. The Morgan fingerprint density at radius 3 is 2.75 bits per heavy atom. The van der Waals surface area contributed by atoms with E-state index < -0.39 is 0 Å². The van der Waals surface area contributed by atoms with Crippen molar-refractivity contribution in [2.24, 2.45) is 5.41 Å². The second-order valence-corrected chi connectivity index (χ2v) is 6.73. The van der Waals surface area contributed by atoms with Crippen LogP contribution in [0.25, 0.3) is 0 Å². The van der Waals surface area contributed by atoms with Crippen molar-refractivity contribution < 1.29 is 0 Å². The zero-order valence-corrected chi connectivity index (χ0v) is 11.1. The van der Waals surface area contributed by atoms with Crippen LogP contribution in [0.4, 0.5) is 5.13 Å². The Morgan fingerprint density at radius 2 is 2.19 bits per heavy atom. The Bertz CT molecular complexity index is 400. The number of hydrogen-bond acceptors (Lipinski definition) is 4. The van der Waals surface area contributed by atoms with Crippen LogP contribution in [0.5, 0.6) is 0 Å². The van der Waals surface area contributed by atoms with E-state index in [0.717, 1.165) is 17.4 Å². The highest BCUT2D eigenvalue weighted by atomic mass is 35.5. The van der Waals surface area contributed by atoms with Gasteiger partial charge in [0.15, 0.2) is 0 Å². The number of rotatable bonds is 3. The Labute approximate surface area is 105 Å². The maximum absolute atomic E-state index is 6.19. The standard InChI is InChI=1S/C11H16ClN3S/c1-11(2)7(12)5-8(11)13-10-14-9(15-16-10)6-3-4-6/h6-8H,3-5H2,1-2H3,(H,13,14,15). The molecule has 2 aliphatic rings. The van der Waals surface area contributed by atoms with Crippen LogP contribution >= 0.6 is 23.1 Å². The first-order valence-electron chi connectivity index (χ1n) is 5.81. The Kier molecular flexibility index (Phi) is 2.41. The highest BCUT2D eigenvalue weighted by Crippen LogP contribution is 2.46. The summed E-state index contributed by atoms with van der Waals surface area (Å²) in [6.45, 7) is 4.41. The molecule has 0 saturated heterocycles. The summed E-state index contributed by atoms with van der Waals surface area (Å²) in [6.07, 6.45) is 3.54. The minimum atomic E-state index is 0.160. The number of aromatic nitrogens is 2. The molecule has 3 nitrogen and oxygen atoms in total. The first kappa shape index (κ1) is 10.8. The fraction of sp³-hybridized carbons (Fsp3) is 0.818. The molecule has 1 aromatic rings. The van der Waals surface area contributed by atoms with Gasteiger partial charge in [-0.3, -0.25) is 0 Å². The molecule has 2 saturated carbocycles. The van der Waals surface area contributed by atoms with Crippen LogP contribution in [-0.4, -0.2) is 20.8 Å². The van der Waals surface area contributed by atoms with Gasteiger partial charge in [-0.2, -0.15) is 4.37 Å². The van der Waals surface area contributed by atoms with E-state index in [1.165, 1.54) is 24.4 Å². The lowest BCUT2D eigenvalue weighted by molar-refractivity contribution is 0.168. The van der Waals surface area contributed by atoms with E-state index in [0.29, 0.717) is 12.0 Å². The van der Waals surface area contributed by atoms with Crippen molar-refractivity contribution >= 4 is 28.3 Å². The molecule has 1 N–H and O–H groups in total. The van der Waals surface area contributed by atoms with Gasteiger partial charge in [0, 0.05) is 34.3 Å². The van der Waals surface area contributed by atoms with E-state index in [4.69, 9.17) is 11.6 Å². The van der Waals surface area contributed by atoms with Crippen molar-refractivity contribution in [3.63, 3.8) is 0 Å². The lowest BCUT2D eigenvalue weighted by Crippen LogP contribution is -2.54. The third-order valence-electron chi connectivity index (χ3n) is 3.83. The average molecular weight is 258 g/mol. The number of alkyl halides is 1. The van der Waals surface area contributed by atoms with Gasteiger partial charge >= 0.3 is 0 Å². The minimum absolute atomic E-state index is 0.160. The van der Waals surface area contributed by atoms with Gasteiger partial charge in [-0.15, -0.1) is 11.6 Å². The van der Waals surface area contributed by atoms with Gasteiger partial charge in [0.1, 0.15) is 5.82 Å². The molecule has 2 atom stereocenters. The van der Waals surface area contributed by atoms with Gasteiger partial charge in [0.2, 0.25) is 5.13 Å². The topological polar surface area (TPSA) is 37.8 Å². The molecule has 0 aromatic carbocycles. The summed E-state index contributed by atoms with van der Waals surface area (Å²) in [5, 5.41) is 4.70. The summed E-state index contributed by atoms with van der Waals surface area (Å²) in [7, 11) is 0. The van der Waals surface area contributed by atoms with Gasteiger partial charge in [0.25, 0.3) is 0 Å². The first-order chi connectivity index (χ1) is 7.57. The fourth-order valence-corrected chi connectivity index (χ4v) is 3.10. The first-order valence-corrected chi connectivity index (χ1v) is 7.02. The molecular formula is C11H16ClN3S. The van der Waals surface area contributed by atoms with Crippen molar-refractivity contribution in [1.82, 2.24) is 9.36 Å². The van der Waals surface area contributed by atoms with Gasteiger partial charge in [-0.1, -0.05) is 13.8 Å². The van der Waals surface area contributed by atoms with E-state index in [2.05, 4.69) is 28.5 Å². The van der Waals surface area contributed by atoms with Crippen molar-refractivity contribution in [2.45, 2.75) is 50.4 Å². The van der Waals surface area contributed by atoms with E-state index in [9.17, 15) is 0 Å². The second-order valence-electron chi connectivity index (χ2n) is 5.45. The van der Waals surface area contributed by atoms with Gasteiger partial charge < -0.3 is 5.32 Å². The highest BCUT2D eigenvalue weighted by molar-refractivity contribution is 7.09. The maximum atomic E-state index is 6.19. The highest BCUT2D eigenvalue weighted by Gasteiger charge is 2.47. The van der Waals surface area contributed by atoms with Crippen molar-refractivity contribution in [1.29, 1.82) is 0 Å². The number of nitrogens with one attached hydrogen (secondary N) is 1. The van der Waals surface area contributed by atoms with E-state index in [1.54, 1.807) is 0 Å². The molecule has 2 unspecified atom stereocenters. The third-order valence-corrected chi connectivity index (χ3v) is 5.23. The molecule has 2 aliphatic carbocycles. The molecule has 5 heteroatoms. The largest absolute Gasteiger partial charge is 0.357 e. The monoisotopic (exact) mass is 257 g/mol. The normalized spacial score (nSPS) is 32.2. The van der Waals surface area contributed by atoms with Crippen molar-refractivity contribution in [3.05, 3.63) is 5.82 Å². The Morgan fingerprint density at radius 1 is 1.44 bits per heavy atom. The zero-order valence-electron chi connectivity index (χ0n) is 9.53. The molecule has 0 aliphatic heterocycles. The van der Waals surface area contributed by atoms with E-state index in [1.807, 2.05) is 0 Å². The molecule has 88 valence electrons. The summed E-state index contributed by atoms with van der Waals surface area (Å²) in [6, 6.07) is 0.440. The van der Waals surface area contributed by atoms with E-state index >= 15 is 0 Å². The van der Waals surface area contributed by atoms with E-state index in [-0.39, 0.29) is 10.8 Å². The summed E-state index contributed by atoms with van der Waals surface area (Å²) in [5.74, 6) is 1.68. The lowest BCUT2D eigenvalue weighted by atomic mass is 9.67. The smallest absolute Gasteiger partial charge is 0.202 e. The number of anilines is 1. The van der Waals surface area contributed by atoms with Crippen LogP contribution < -0.4 is 5.32 Å². The maximum Gasteiger partial charge on any atom is 0.202 e. The van der Waals surface area contributed by atoms with Crippen LogP contribution in [0.15, 0.2) is 0 Å². The second kappa shape index (κ2) is 3.57. The summed E-state index contributed by atoms with van der Waals surface area (Å²) in [4.78, 5) is 4.54. The van der Waals surface area contributed by atoms with Gasteiger partial charge in [-0.25, -0.2) is 4.98 Å². The predicted molar refractivity (Wildman–Crippen MR) is 67.3 cm³/mol. The summed E-state index contributed by atoms with van der Waals surface area (Å²) >= 11 is 7.68. The Hall–Kier alpha value is -0.350. The zero-order chi connectivity index (χ0) is 11.3. The molecule has 0 bridgehead atoms.